The Balaban J connectivity index is 2.81. The van der Waals surface area contributed by atoms with Crippen molar-refractivity contribution in [1.82, 2.24) is 10.6 Å². The Hall–Kier alpha value is -1.39. The molecule has 0 radical (unpaired) electrons. The molecule has 0 saturated heterocycles. The van der Waals surface area contributed by atoms with E-state index in [0.717, 1.165) is 18.5 Å². The lowest BCUT2D eigenvalue weighted by Crippen LogP contribution is -2.44. The van der Waals surface area contributed by atoms with E-state index in [1.54, 1.807) is 0 Å². The maximum atomic E-state index is 12.3. The summed E-state index contributed by atoms with van der Waals surface area (Å²) in [5, 5.41) is 15.1. The zero-order chi connectivity index (χ0) is 14.3. The minimum absolute atomic E-state index is 0.0642. The Bertz CT molecular complexity index is 416. The van der Waals surface area contributed by atoms with Gasteiger partial charge in [-0.05, 0) is 51.9 Å². The summed E-state index contributed by atoms with van der Waals surface area (Å²) in [6.07, 6.45) is 1.36. The Labute approximate surface area is 115 Å². The van der Waals surface area contributed by atoms with E-state index in [1.165, 1.54) is 0 Å². The average molecular weight is 264 g/mol. The normalized spacial score (nSPS) is 11.4. The van der Waals surface area contributed by atoms with E-state index in [-0.39, 0.29) is 12.5 Å². The summed E-state index contributed by atoms with van der Waals surface area (Å²) in [4.78, 5) is 12.3. The van der Waals surface area contributed by atoms with Crippen LogP contribution in [0.5, 0.6) is 0 Å². The van der Waals surface area contributed by atoms with Gasteiger partial charge in [-0.3, -0.25) is 4.79 Å². The molecule has 0 fully saturated rings. The van der Waals surface area contributed by atoms with Crippen molar-refractivity contribution in [2.24, 2.45) is 0 Å². The Morgan fingerprint density at radius 3 is 2.63 bits per heavy atom. The van der Waals surface area contributed by atoms with Crippen molar-refractivity contribution >= 4 is 5.91 Å². The maximum absolute atomic E-state index is 12.3. The van der Waals surface area contributed by atoms with Gasteiger partial charge in [-0.15, -0.1) is 0 Å². The Kier molecular flexibility index (Phi) is 5.99. The van der Waals surface area contributed by atoms with Crippen LogP contribution < -0.4 is 10.6 Å². The van der Waals surface area contributed by atoms with E-state index < -0.39 is 5.54 Å². The van der Waals surface area contributed by atoms with Gasteiger partial charge in [-0.2, -0.15) is 0 Å². The highest BCUT2D eigenvalue weighted by Crippen LogP contribution is 2.13. The largest absolute Gasteiger partial charge is 0.396 e. The molecule has 0 atom stereocenters. The third-order valence-electron chi connectivity index (χ3n) is 3.10. The number of aliphatic hydroxyl groups is 1. The highest BCUT2D eigenvalue weighted by Gasteiger charge is 2.21. The second kappa shape index (κ2) is 7.26. The van der Waals surface area contributed by atoms with Crippen molar-refractivity contribution in [2.45, 2.75) is 32.2 Å². The van der Waals surface area contributed by atoms with Gasteiger partial charge in [-0.1, -0.05) is 18.2 Å². The molecule has 106 valence electrons. The summed E-state index contributed by atoms with van der Waals surface area (Å²) < 4.78 is 0. The van der Waals surface area contributed by atoms with Crippen LogP contribution in [0.3, 0.4) is 0 Å². The molecule has 0 aliphatic heterocycles. The van der Waals surface area contributed by atoms with Gasteiger partial charge < -0.3 is 15.7 Å². The fraction of sp³-hybridized carbons (Fsp3) is 0.533. The molecule has 4 heteroatoms. The fourth-order valence-electron chi connectivity index (χ4n) is 1.94. The van der Waals surface area contributed by atoms with Crippen LogP contribution in [0, 0.1) is 0 Å². The Morgan fingerprint density at radius 2 is 2.00 bits per heavy atom. The van der Waals surface area contributed by atoms with Gasteiger partial charge in [0.15, 0.2) is 0 Å². The molecule has 0 aromatic heterocycles. The van der Waals surface area contributed by atoms with Gasteiger partial charge in [0.25, 0.3) is 5.91 Å². The number of benzene rings is 1. The van der Waals surface area contributed by atoms with Crippen molar-refractivity contribution in [3.05, 3.63) is 35.4 Å². The number of aliphatic hydroxyl groups excluding tert-OH is 1. The molecule has 1 aromatic rings. The zero-order valence-electron chi connectivity index (χ0n) is 12.0. The summed E-state index contributed by atoms with van der Waals surface area (Å²) in [6.45, 7) is 4.73. The third kappa shape index (κ3) is 5.01. The molecule has 0 spiro atoms. The smallest absolute Gasteiger partial charge is 0.251 e. The standard InChI is InChI=1S/C15H24N2O2/c1-15(2,9-11-18)17-14(19)13-7-5-4-6-12(13)8-10-16-3/h4-7,16,18H,8-11H2,1-3H3,(H,17,19). The second-order valence-electron chi connectivity index (χ2n) is 5.32. The van der Waals surface area contributed by atoms with Crippen LogP contribution in [0.4, 0.5) is 0 Å². The van der Waals surface area contributed by atoms with Gasteiger partial charge >= 0.3 is 0 Å². The number of nitrogens with one attached hydrogen (secondary N) is 2. The molecular weight excluding hydrogens is 240 g/mol. The number of likely N-dealkylation sites (N-methyl/N-ethyl adjacent to an activating group) is 1. The minimum atomic E-state index is -0.401. The highest BCUT2D eigenvalue weighted by molar-refractivity contribution is 5.96. The summed E-state index contributed by atoms with van der Waals surface area (Å²) in [5.74, 6) is -0.0786. The van der Waals surface area contributed by atoms with Crippen molar-refractivity contribution in [3.8, 4) is 0 Å². The van der Waals surface area contributed by atoms with E-state index in [4.69, 9.17) is 5.11 Å². The molecule has 0 bridgehead atoms. The molecule has 3 N–H and O–H groups in total. The first-order valence-corrected chi connectivity index (χ1v) is 6.66. The number of hydrogen-bond donors (Lipinski definition) is 3. The van der Waals surface area contributed by atoms with E-state index in [0.29, 0.717) is 12.0 Å². The first kappa shape index (κ1) is 15.7. The van der Waals surface area contributed by atoms with Crippen molar-refractivity contribution in [3.63, 3.8) is 0 Å². The molecule has 0 aliphatic carbocycles. The maximum Gasteiger partial charge on any atom is 0.251 e. The quantitative estimate of drug-likeness (QED) is 0.696. The fourth-order valence-corrected chi connectivity index (χ4v) is 1.94. The minimum Gasteiger partial charge on any atom is -0.396 e. The van der Waals surface area contributed by atoms with E-state index >= 15 is 0 Å². The van der Waals surface area contributed by atoms with Gasteiger partial charge in [0.2, 0.25) is 0 Å². The molecule has 0 unspecified atom stereocenters. The van der Waals surface area contributed by atoms with Crippen molar-refractivity contribution < 1.29 is 9.90 Å². The first-order valence-electron chi connectivity index (χ1n) is 6.66. The van der Waals surface area contributed by atoms with Crippen LogP contribution in [0.15, 0.2) is 24.3 Å². The van der Waals surface area contributed by atoms with Crippen molar-refractivity contribution in [2.75, 3.05) is 20.2 Å². The molecule has 0 saturated carbocycles. The third-order valence-corrected chi connectivity index (χ3v) is 3.10. The van der Waals surface area contributed by atoms with Crippen LogP contribution in [-0.4, -0.2) is 36.8 Å². The summed E-state index contributed by atoms with van der Waals surface area (Å²) in [6, 6.07) is 7.64. The lowest BCUT2D eigenvalue weighted by Gasteiger charge is -2.26. The number of rotatable bonds is 7. The molecular formula is C15H24N2O2. The number of hydrogen-bond acceptors (Lipinski definition) is 3. The van der Waals surface area contributed by atoms with Gasteiger partial charge in [-0.25, -0.2) is 0 Å². The molecule has 1 aromatic carbocycles. The number of carbonyl (C=O) groups is 1. The molecule has 1 amide bonds. The number of amides is 1. The molecule has 1 rings (SSSR count). The topological polar surface area (TPSA) is 61.4 Å². The van der Waals surface area contributed by atoms with Gasteiger partial charge in [0.1, 0.15) is 0 Å². The lowest BCUT2D eigenvalue weighted by molar-refractivity contribution is 0.0898. The first-order chi connectivity index (χ1) is 9.00. The van der Waals surface area contributed by atoms with Gasteiger partial charge in [0.05, 0.1) is 0 Å². The van der Waals surface area contributed by atoms with Crippen molar-refractivity contribution in [1.29, 1.82) is 0 Å². The van der Waals surface area contributed by atoms with Crippen LogP contribution in [0.25, 0.3) is 0 Å². The molecule has 4 nitrogen and oxygen atoms in total. The number of carbonyl (C=O) groups excluding carboxylic acids is 1. The second-order valence-corrected chi connectivity index (χ2v) is 5.32. The lowest BCUT2D eigenvalue weighted by atomic mass is 9.98. The average Bonchev–Trinajstić information content (AvgIpc) is 2.36. The molecule has 19 heavy (non-hydrogen) atoms. The predicted octanol–water partition coefficient (Wildman–Crippen LogP) is 1.34. The highest BCUT2D eigenvalue weighted by atomic mass is 16.3. The van der Waals surface area contributed by atoms with Gasteiger partial charge in [0, 0.05) is 17.7 Å². The summed E-state index contributed by atoms with van der Waals surface area (Å²) >= 11 is 0. The SMILES string of the molecule is CNCCc1ccccc1C(=O)NC(C)(C)CCO. The van der Waals surface area contributed by atoms with E-state index in [1.807, 2.05) is 45.2 Å². The van der Waals surface area contributed by atoms with Crippen LogP contribution >= 0.6 is 0 Å². The monoisotopic (exact) mass is 264 g/mol. The zero-order valence-corrected chi connectivity index (χ0v) is 12.0. The van der Waals surface area contributed by atoms with Crippen LogP contribution in [0.2, 0.25) is 0 Å². The molecule has 0 aliphatic rings. The van der Waals surface area contributed by atoms with Crippen LogP contribution in [-0.2, 0) is 6.42 Å². The summed E-state index contributed by atoms with van der Waals surface area (Å²) in [5.41, 5.74) is 1.35. The predicted molar refractivity (Wildman–Crippen MR) is 77.3 cm³/mol. The van der Waals surface area contributed by atoms with Crippen LogP contribution in [0.1, 0.15) is 36.2 Å². The Morgan fingerprint density at radius 1 is 1.32 bits per heavy atom. The molecule has 0 heterocycles. The van der Waals surface area contributed by atoms with E-state index in [9.17, 15) is 4.79 Å². The summed E-state index contributed by atoms with van der Waals surface area (Å²) in [7, 11) is 1.90. The van der Waals surface area contributed by atoms with E-state index in [2.05, 4.69) is 10.6 Å².